The molecule has 1 aliphatic rings. The predicted octanol–water partition coefficient (Wildman–Crippen LogP) is -1.40. The normalized spacial score (nSPS) is 16.9. The van der Waals surface area contributed by atoms with E-state index in [4.69, 9.17) is 4.74 Å². The quantitative estimate of drug-likeness (QED) is 0.547. The summed E-state index contributed by atoms with van der Waals surface area (Å²) in [4.78, 5) is 25.3. The molecule has 3 aromatic rings. The van der Waals surface area contributed by atoms with Gasteiger partial charge in [-0.25, -0.2) is 0 Å². The summed E-state index contributed by atoms with van der Waals surface area (Å²) in [6.07, 6.45) is 2.00. The molecule has 1 aliphatic heterocycles. The molecule has 124 valence electrons. The van der Waals surface area contributed by atoms with E-state index in [0.717, 1.165) is 19.4 Å². The molecule has 7 heteroatoms. The zero-order valence-electron chi connectivity index (χ0n) is 14.4. The second-order valence-corrected chi connectivity index (χ2v) is 6.13. The van der Waals surface area contributed by atoms with Gasteiger partial charge in [0.15, 0.2) is 0 Å². The molecule has 0 amide bonds. The number of aryl methyl sites for hydroxylation is 1. The number of benzene rings is 1. The zero-order chi connectivity index (χ0) is 16.7. The van der Waals surface area contributed by atoms with Gasteiger partial charge in [-0.1, -0.05) is 18.2 Å². The summed E-state index contributed by atoms with van der Waals surface area (Å²) in [6.45, 7) is 3.02. The van der Waals surface area contributed by atoms with E-state index in [1.54, 1.807) is 11.5 Å². The minimum absolute atomic E-state index is 0. The minimum Gasteiger partial charge on any atom is -0.587 e. The summed E-state index contributed by atoms with van der Waals surface area (Å²) < 4.78 is 8.62. The molecule has 1 aromatic carbocycles. The number of hydrogen-bond acceptors (Lipinski definition) is 3. The van der Waals surface area contributed by atoms with Gasteiger partial charge in [-0.3, -0.25) is 9.59 Å². The number of rotatable bonds is 3. The smallest absolute Gasteiger partial charge is 0.587 e. The first-order chi connectivity index (χ1) is 11.6. The molecule has 0 radical (unpaired) electrons. The molecule has 6 nitrogen and oxygen atoms in total. The van der Waals surface area contributed by atoms with Crippen molar-refractivity contribution < 1.29 is 34.3 Å². The van der Waals surface area contributed by atoms with Crippen LogP contribution in [0.4, 0.5) is 0 Å². The molecule has 0 saturated carbocycles. The van der Waals surface area contributed by atoms with Crippen LogP contribution in [0.5, 0.6) is 0 Å². The van der Waals surface area contributed by atoms with Crippen molar-refractivity contribution in [1.29, 1.82) is 0 Å². The maximum atomic E-state index is 12.8. The Bertz CT molecular complexity index is 998. The summed E-state index contributed by atoms with van der Waals surface area (Å²) in [6, 6.07) is 10.7. The van der Waals surface area contributed by atoms with Crippen LogP contribution in [0.2, 0.25) is 0 Å². The van der Waals surface area contributed by atoms with Crippen molar-refractivity contribution in [3.63, 3.8) is 0 Å². The molecule has 1 saturated heterocycles. The number of nitrogens with zero attached hydrogens (tertiary/aromatic N) is 3. The van der Waals surface area contributed by atoms with Gasteiger partial charge in [0.25, 0.3) is 0 Å². The fourth-order valence-corrected chi connectivity index (χ4v) is 3.32. The fraction of sp³-hybridized carbons (Fsp3) is 0.333. The van der Waals surface area contributed by atoms with Crippen molar-refractivity contribution in [3.05, 3.63) is 62.8 Å². The molecule has 0 N–H and O–H groups in total. The van der Waals surface area contributed by atoms with Crippen molar-refractivity contribution in [3.8, 4) is 5.69 Å². The molecule has 4 rings (SSSR count). The van der Waals surface area contributed by atoms with Crippen LogP contribution in [0.1, 0.15) is 18.5 Å². The third-order valence-corrected chi connectivity index (χ3v) is 4.57. The Hall–Kier alpha value is -1.60. The van der Waals surface area contributed by atoms with Gasteiger partial charge >= 0.3 is 29.6 Å². The number of para-hydroxylation sites is 1. The Balaban J connectivity index is 0.00000182. The van der Waals surface area contributed by atoms with E-state index >= 15 is 0 Å². The number of ether oxygens (including phenoxy) is 1. The summed E-state index contributed by atoms with van der Waals surface area (Å²) in [5.41, 5.74) is 1.44. The third-order valence-electron chi connectivity index (χ3n) is 4.57. The average molecular weight is 347 g/mol. The van der Waals surface area contributed by atoms with E-state index in [1.807, 2.05) is 30.3 Å². The topological polar surface area (TPSA) is 67.3 Å². The molecule has 0 bridgehead atoms. The third kappa shape index (κ3) is 3.27. The van der Waals surface area contributed by atoms with Gasteiger partial charge < -0.3 is 19.1 Å². The van der Waals surface area contributed by atoms with Crippen LogP contribution in [0.3, 0.4) is 0 Å². The van der Waals surface area contributed by atoms with Gasteiger partial charge in [0.05, 0.1) is 12.6 Å². The number of pyridine rings is 1. The van der Waals surface area contributed by atoms with E-state index in [2.05, 4.69) is 5.10 Å². The van der Waals surface area contributed by atoms with Gasteiger partial charge in [-0.2, -0.15) is 0 Å². The van der Waals surface area contributed by atoms with Crippen molar-refractivity contribution in [2.75, 3.05) is 6.61 Å². The average Bonchev–Trinajstić information content (AvgIpc) is 3.20. The Morgan fingerprint density at radius 3 is 2.68 bits per heavy atom. The SMILES string of the molecule is Cc1c2c(=O)n(-c3ccccc3)[n-]c2cc(=O)n1CC1CCCO1.[Na+]. The van der Waals surface area contributed by atoms with E-state index in [1.165, 1.54) is 10.7 Å². The van der Waals surface area contributed by atoms with Crippen LogP contribution in [0, 0.1) is 6.92 Å². The molecule has 0 spiro atoms. The van der Waals surface area contributed by atoms with Gasteiger partial charge in [0.1, 0.15) is 0 Å². The van der Waals surface area contributed by atoms with Gasteiger partial charge in [0.2, 0.25) is 11.1 Å². The van der Waals surface area contributed by atoms with Crippen LogP contribution in [-0.4, -0.2) is 22.0 Å². The minimum atomic E-state index is -0.199. The van der Waals surface area contributed by atoms with Crippen molar-refractivity contribution in [2.45, 2.75) is 32.4 Å². The largest absolute Gasteiger partial charge is 1.00 e. The molecule has 25 heavy (non-hydrogen) atoms. The fourth-order valence-electron chi connectivity index (χ4n) is 3.32. The van der Waals surface area contributed by atoms with Crippen molar-refractivity contribution >= 4 is 10.9 Å². The molecule has 2 aromatic heterocycles. The van der Waals surface area contributed by atoms with Crippen LogP contribution >= 0.6 is 0 Å². The number of hydrogen-bond donors (Lipinski definition) is 0. The summed E-state index contributed by atoms with van der Waals surface area (Å²) >= 11 is 0. The van der Waals surface area contributed by atoms with Crippen molar-refractivity contribution in [1.82, 2.24) is 14.3 Å². The van der Waals surface area contributed by atoms with Crippen LogP contribution in [-0.2, 0) is 11.3 Å². The molecular weight excluding hydrogens is 329 g/mol. The van der Waals surface area contributed by atoms with E-state index in [0.29, 0.717) is 28.8 Å². The first-order valence-corrected chi connectivity index (χ1v) is 8.12. The van der Waals surface area contributed by atoms with E-state index < -0.39 is 0 Å². The van der Waals surface area contributed by atoms with E-state index in [9.17, 15) is 9.59 Å². The molecule has 1 atom stereocenters. The predicted molar refractivity (Wildman–Crippen MR) is 90.8 cm³/mol. The first kappa shape index (κ1) is 18.2. The molecule has 3 heterocycles. The summed E-state index contributed by atoms with van der Waals surface area (Å²) in [5, 5.41) is 4.83. The van der Waals surface area contributed by atoms with Crippen LogP contribution < -0.4 is 45.8 Å². The maximum absolute atomic E-state index is 12.8. The van der Waals surface area contributed by atoms with Crippen molar-refractivity contribution in [2.24, 2.45) is 0 Å². The molecule has 1 fully saturated rings. The zero-order valence-corrected chi connectivity index (χ0v) is 16.4. The van der Waals surface area contributed by atoms with Crippen LogP contribution in [0.15, 0.2) is 46.0 Å². The Kier molecular flexibility index (Phi) is 5.34. The number of fused-ring (bicyclic) bond motifs is 1. The summed E-state index contributed by atoms with van der Waals surface area (Å²) in [5.74, 6) is 0. The monoisotopic (exact) mass is 347 g/mol. The second-order valence-electron chi connectivity index (χ2n) is 6.13. The van der Waals surface area contributed by atoms with E-state index in [-0.39, 0.29) is 46.8 Å². The first-order valence-electron chi connectivity index (χ1n) is 8.12. The maximum Gasteiger partial charge on any atom is 1.00 e. The van der Waals surface area contributed by atoms with Gasteiger partial charge in [-0.15, -0.1) is 5.52 Å². The Labute approximate surface area is 166 Å². The summed E-state index contributed by atoms with van der Waals surface area (Å²) in [7, 11) is 0. The van der Waals surface area contributed by atoms with Crippen LogP contribution in [0.25, 0.3) is 16.6 Å². The number of aromatic nitrogens is 3. The van der Waals surface area contributed by atoms with Gasteiger partial charge in [0, 0.05) is 23.4 Å². The molecule has 1 unspecified atom stereocenters. The standard InChI is InChI=1S/C18H19N3O3.Na/c1-12-17-15(10-16(22)20(12)11-14-8-5-9-24-14)19-21(18(17)23)13-6-3-2-4-7-13;/h2-4,6-7,10,14H,5,8-9,11H2,1H3,(H,19,22);/q;+1/p-1. The Morgan fingerprint density at radius 1 is 1.24 bits per heavy atom. The molecule has 0 aliphatic carbocycles. The van der Waals surface area contributed by atoms with Gasteiger partial charge in [-0.05, 0) is 38.0 Å². The molecular formula is C18H18N3NaO3. The second kappa shape index (κ2) is 7.33. The Morgan fingerprint density at radius 2 is 2.00 bits per heavy atom.